The minimum Gasteiger partial charge on any atom is -0.341 e. The van der Waals surface area contributed by atoms with Crippen molar-refractivity contribution < 1.29 is 9.59 Å². The Morgan fingerprint density at radius 1 is 1.14 bits per heavy atom. The molecule has 0 bridgehead atoms. The summed E-state index contributed by atoms with van der Waals surface area (Å²) in [5, 5.41) is 0. The number of aromatic nitrogens is 1. The number of carbonyl (C=O) groups excluding carboxylic acids is 2. The predicted molar refractivity (Wildman–Crippen MR) is 83.2 cm³/mol. The third-order valence-corrected chi connectivity index (χ3v) is 4.64. The molecule has 1 aromatic rings. The fraction of sp³-hybridized carbons (Fsp3) is 0.600. The Balaban J connectivity index is 1.74. The molecule has 2 amide bonds. The molecule has 1 saturated carbocycles. The highest BCUT2D eigenvalue weighted by Gasteiger charge is 2.30. The van der Waals surface area contributed by atoms with Crippen LogP contribution in [0.2, 0.25) is 0 Å². The van der Waals surface area contributed by atoms with Gasteiger partial charge < -0.3 is 14.4 Å². The number of hydrogen-bond donors (Lipinski definition) is 0. The largest absolute Gasteiger partial charge is 0.341 e. The van der Waals surface area contributed by atoms with E-state index in [1.807, 2.05) is 22.1 Å². The molecule has 2 fully saturated rings. The van der Waals surface area contributed by atoms with Gasteiger partial charge in [-0.05, 0) is 41.3 Å². The van der Waals surface area contributed by atoms with Crippen LogP contribution in [0.3, 0.4) is 0 Å². The number of hydrogen-bond acceptors (Lipinski definition) is 2. The van der Waals surface area contributed by atoms with Crippen molar-refractivity contribution >= 4 is 27.7 Å². The van der Waals surface area contributed by atoms with E-state index < -0.39 is 0 Å². The van der Waals surface area contributed by atoms with Crippen molar-refractivity contribution in [3.05, 3.63) is 22.4 Å². The molecule has 1 aliphatic carbocycles. The maximum atomic E-state index is 12.8. The van der Waals surface area contributed by atoms with Gasteiger partial charge in [0.15, 0.2) is 0 Å². The summed E-state index contributed by atoms with van der Waals surface area (Å²) in [6, 6.07) is 2.39. The van der Waals surface area contributed by atoms with E-state index in [0.29, 0.717) is 19.1 Å². The minimum absolute atomic E-state index is 0.0815. The van der Waals surface area contributed by atoms with Crippen LogP contribution in [0.1, 0.15) is 42.7 Å². The quantitative estimate of drug-likeness (QED) is 0.818. The number of carbonyl (C=O) groups is 2. The molecule has 2 heterocycles. The average molecular weight is 354 g/mol. The number of nitrogens with zero attached hydrogens (tertiary/aromatic N) is 3. The van der Waals surface area contributed by atoms with Crippen LogP contribution in [0.25, 0.3) is 0 Å². The number of rotatable bonds is 2. The van der Waals surface area contributed by atoms with Crippen LogP contribution in [0.15, 0.2) is 16.7 Å². The van der Waals surface area contributed by atoms with Crippen LogP contribution in [0, 0.1) is 0 Å². The molecule has 2 aliphatic rings. The van der Waals surface area contributed by atoms with Crippen molar-refractivity contribution in [3.63, 3.8) is 0 Å². The lowest BCUT2D eigenvalue weighted by Crippen LogP contribution is -2.37. The molecule has 0 N–H and O–H groups in total. The van der Waals surface area contributed by atoms with Gasteiger partial charge >= 0.3 is 0 Å². The van der Waals surface area contributed by atoms with Gasteiger partial charge in [-0.2, -0.15) is 0 Å². The van der Waals surface area contributed by atoms with E-state index in [1.54, 1.807) is 6.92 Å². The van der Waals surface area contributed by atoms with E-state index in [9.17, 15) is 9.59 Å². The van der Waals surface area contributed by atoms with E-state index >= 15 is 0 Å². The molecule has 21 heavy (non-hydrogen) atoms. The fourth-order valence-electron chi connectivity index (χ4n) is 2.87. The fourth-order valence-corrected chi connectivity index (χ4v) is 3.31. The van der Waals surface area contributed by atoms with Crippen molar-refractivity contribution in [3.8, 4) is 0 Å². The molecule has 3 rings (SSSR count). The lowest BCUT2D eigenvalue weighted by atomic mass is 10.3. The summed E-state index contributed by atoms with van der Waals surface area (Å²) in [5.41, 5.74) is 0.764. The van der Waals surface area contributed by atoms with Crippen molar-refractivity contribution in [2.75, 3.05) is 26.2 Å². The van der Waals surface area contributed by atoms with E-state index in [0.717, 1.165) is 42.5 Å². The Kier molecular flexibility index (Phi) is 4.06. The maximum Gasteiger partial charge on any atom is 0.270 e. The highest BCUT2D eigenvalue weighted by molar-refractivity contribution is 9.10. The Morgan fingerprint density at radius 3 is 2.48 bits per heavy atom. The molecule has 5 nitrogen and oxygen atoms in total. The van der Waals surface area contributed by atoms with Crippen LogP contribution < -0.4 is 0 Å². The zero-order chi connectivity index (χ0) is 15.0. The summed E-state index contributed by atoms with van der Waals surface area (Å²) in [5.74, 6) is 0.173. The van der Waals surface area contributed by atoms with Crippen molar-refractivity contribution in [2.24, 2.45) is 0 Å². The smallest absolute Gasteiger partial charge is 0.270 e. The topological polar surface area (TPSA) is 45.6 Å². The van der Waals surface area contributed by atoms with Gasteiger partial charge in [-0.25, -0.2) is 0 Å². The lowest BCUT2D eigenvalue weighted by Gasteiger charge is -2.22. The summed E-state index contributed by atoms with van der Waals surface area (Å²) >= 11 is 3.47. The predicted octanol–water partition coefficient (Wildman–Crippen LogP) is 2.28. The molecular formula is C15H20BrN3O2. The van der Waals surface area contributed by atoms with Gasteiger partial charge in [-0.3, -0.25) is 9.59 Å². The monoisotopic (exact) mass is 353 g/mol. The molecule has 1 saturated heterocycles. The van der Waals surface area contributed by atoms with Gasteiger partial charge in [0.25, 0.3) is 5.91 Å². The van der Waals surface area contributed by atoms with Gasteiger partial charge in [0.05, 0.1) is 0 Å². The summed E-state index contributed by atoms with van der Waals surface area (Å²) in [7, 11) is 0. The molecule has 1 aromatic heterocycles. The number of amides is 2. The van der Waals surface area contributed by atoms with Crippen molar-refractivity contribution in [1.82, 2.24) is 14.4 Å². The molecular weight excluding hydrogens is 334 g/mol. The molecule has 0 radical (unpaired) electrons. The third-order valence-electron chi connectivity index (χ3n) is 4.20. The van der Waals surface area contributed by atoms with Gasteiger partial charge in [-0.15, -0.1) is 0 Å². The average Bonchev–Trinajstić information content (AvgIpc) is 3.24. The van der Waals surface area contributed by atoms with Gasteiger partial charge in [0.1, 0.15) is 5.69 Å². The normalized spacial score (nSPS) is 19.5. The Bertz CT molecular complexity index is 565. The highest BCUT2D eigenvalue weighted by atomic mass is 79.9. The van der Waals surface area contributed by atoms with E-state index in [-0.39, 0.29) is 11.8 Å². The van der Waals surface area contributed by atoms with E-state index in [4.69, 9.17) is 0 Å². The SMILES string of the molecule is CC(=O)N1CCCN(C(=O)c2cc(Br)cn2C2CC2)CC1. The third kappa shape index (κ3) is 3.15. The Labute approximate surface area is 133 Å². The van der Waals surface area contributed by atoms with Gasteiger partial charge in [-0.1, -0.05) is 0 Å². The Hall–Kier alpha value is -1.30. The summed E-state index contributed by atoms with van der Waals surface area (Å²) in [6.45, 7) is 4.30. The molecule has 0 unspecified atom stereocenters. The molecule has 1 aliphatic heterocycles. The first-order valence-corrected chi connectivity index (χ1v) is 8.27. The van der Waals surface area contributed by atoms with Crippen molar-refractivity contribution in [1.29, 1.82) is 0 Å². The lowest BCUT2D eigenvalue weighted by molar-refractivity contribution is -0.128. The zero-order valence-corrected chi connectivity index (χ0v) is 13.8. The van der Waals surface area contributed by atoms with Gasteiger partial charge in [0.2, 0.25) is 5.91 Å². The molecule has 0 atom stereocenters. The van der Waals surface area contributed by atoms with Crippen LogP contribution in [0.5, 0.6) is 0 Å². The number of halogens is 1. The first-order valence-electron chi connectivity index (χ1n) is 7.48. The second-order valence-corrected chi connectivity index (χ2v) is 6.75. The second-order valence-electron chi connectivity index (χ2n) is 5.83. The van der Waals surface area contributed by atoms with Crippen LogP contribution in [-0.4, -0.2) is 52.4 Å². The molecule has 0 aromatic carbocycles. The maximum absolute atomic E-state index is 12.8. The summed E-state index contributed by atoms with van der Waals surface area (Å²) in [4.78, 5) is 27.9. The van der Waals surface area contributed by atoms with Crippen LogP contribution in [0.4, 0.5) is 0 Å². The Morgan fingerprint density at radius 2 is 1.81 bits per heavy atom. The van der Waals surface area contributed by atoms with E-state index in [2.05, 4.69) is 20.5 Å². The van der Waals surface area contributed by atoms with Crippen molar-refractivity contribution in [2.45, 2.75) is 32.2 Å². The molecule has 0 spiro atoms. The van der Waals surface area contributed by atoms with Gasteiger partial charge in [0, 0.05) is 49.8 Å². The van der Waals surface area contributed by atoms with E-state index in [1.165, 1.54) is 0 Å². The van der Waals surface area contributed by atoms with Crippen LogP contribution >= 0.6 is 15.9 Å². The molecule has 114 valence electrons. The summed E-state index contributed by atoms with van der Waals surface area (Å²) in [6.07, 6.45) is 5.15. The standard InChI is InChI=1S/C15H20BrN3O2/c1-11(20)17-5-2-6-18(8-7-17)15(21)14-9-12(16)10-19(14)13-3-4-13/h9-10,13H,2-8H2,1H3. The second kappa shape index (κ2) is 5.83. The van der Waals surface area contributed by atoms with Crippen LogP contribution in [-0.2, 0) is 4.79 Å². The zero-order valence-electron chi connectivity index (χ0n) is 12.2. The summed E-state index contributed by atoms with van der Waals surface area (Å²) < 4.78 is 3.05. The molecule has 6 heteroatoms. The first-order chi connectivity index (χ1) is 10.1. The first kappa shape index (κ1) is 14.6. The highest BCUT2D eigenvalue weighted by Crippen LogP contribution is 2.37. The minimum atomic E-state index is 0.0815.